The molecule has 0 amide bonds. The van der Waals surface area contributed by atoms with Gasteiger partial charge in [0.05, 0.1) is 26.1 Å². The average molecular weight is 360 g/mol. The Balaban J connectivity index is -0.000000332. The molecule has 0 aromatic rings. The van der Waals surface area contributed by atoms with E-state index < -0.39 is 55.0 Å². The summed E-state index contributed by atoms with van der Waals surface area (Å²) in [4.78, 5) is 39.6. The molecule has 0 aromatic heterocycles. The van der Waals surface area contributed by atoms with Crippen LogP contribution in [-0.2, 0) is 19.2 Å². The highest BCUT2D eigenvalue weighted by Crippen LogP contribution is 2.15. The predicted molar refractivity (Wildman–Crippen MR) is 72.0 cm³/mol. The van der Waals surface area contributed by atoms with Gasteiger partial charge in [-0.1, -0.05) is 0 Å². The van der Waals surface area contributed by atoms with E-state index in [1.165, 1.54) is 0 Å². The Morgan fingerprint density at radius 3 is 1.12 bits per heavy atom. The van der Waals surface area contributed by atoms with Crippen LogP contribution in [0, 0.1) is 0 Å². The molecule has 142 valence electrons. The number of carboxylic acid groups (broad SMARTS) is 4. The Morgan fingerprint density at radius 2 is 1.04 bits per heavy atom. The third-order valence-electron chi connectivity index (χ3n) is 1.84. The van der Waals surface area contributed by atoms with Gasteiger partial charge in [0.1, 0.15) is 12.7 Å². The van der Waals surface area contributed by atoms with Crippen LogP contribution in [0.1, 0.15) is 12.8 Å². The van der Waals surface area contributed by atoms with E-state index in [1.807, 2.05) is 0 Å². The van der Waals surface area contributed by atoms with Crippen LogP contribution in [0.5, 0.6) is 0 Å². The molecule has 0 bridgehead atoms. The molecule has 9 N–H and O–H groups in total. The van der Waals surface area contributed by atoms with Crippen LogP contribution in [0.3, 0.4) is 0 Å². The van der Waals surface area contributed by atoms with E-state index in [0.29, 0.717) is 0 Å². The molecule has 0 spiro atoms. The van der Waals surface area contributed by atoms with Crippen LogP contribution in [-0.4, -0.2) is 101 Å². The van der Waals surface area contributed by atoms with E-state index in [9.17, 15) is 14.4 Å². The molecular formula is C11H20O13. The van der Waals surface area contributed by atoms with E-state index in [-0.39, 0.29) is 13.2 Å². The van der Waals surface area contributed by atoms with Gasteiger partial charge in [0.15, 0.2) is 5.60 Å². The molecule has 0 aromatic carbocycles. The first-order chi connectivity index (χ1) is 10.9. The summed E-state index contributed by atoms with van der Waals surface area (Å²) in [5.74, 6) is -6.21. The summed E-state index contributed by atoms with van der Waals surface area (Å²) in [5.41, 5.74) is -2.74. The molecule has 0 atom stereocenters. The van der Waals surface area contributed by atoms with Crippen molar-refractivity contribution in [2.45, 2.75) is 24.5 Å². The maximum absolute atomic E-state index is 10.3. The maximum Gasteiger partial charge on any atom is 0.336 e. The van der Waals surface area contributed by atoms with Crippen molar-refractivity contribution in [1.82, 2.24) is 0 Å². The fraction of sp³-hybridized carbons (Fsp3) is 0.636. The molecule has 0 rings (SSSR count). The van der Waals surface area contributed by atoms with Gasteiger partial charge >= 0.3 is 23.9 Å². The zero-order valence-corrected chi connectivity index (χ0v) is 12.3. The van der Waals surface area contributed by atoms with Crippen molar-refractivity contribution in [3.05, 3.63) is 0 Å². The minimum atomic E-state index is -2.74. The second kappa shape index (κ2) is 14.3. The lowest BCUT2D eigenvalue weighted by atomic mass is 9.96. The van der Waals surface area contributed by atoms with Crippen molar-refractivity contribution in [1.29, 1.82) is 0 Å². The summed E-state index contributed by atoms with van der Waals surface area (Å²) in [6.45, 7) is -1.51. The number of aliphatic hydroxyl groups excluding tert-OH is 4. The summed E-state index contributed by atoms with van der Waals surface area (Å²) in [7, 11) is 0. The van der Waals surface area contributed by atoms with Gasteiger partial charge in [0.2, 0.25) is 0 Å². The van der Waals surface area contributed by atoms with Crippen molar-refractivity contribution in [3.63, 3.8) is 0 Å². The number of hydrogen-bond acceptors (Lipinski definition) is 9. The first kappa shape index (κ1) is 26.6. The fourth-order valence-electron chi connectivity index (χ4n) is 0.772. The molecule has 24 heavy (non-hydrogen) atoms. The standard InChI is InChI=1S/C6H8O7.C3H8O3.C2H4O3/c7-3(8)1-6(13,5(11)12)2-4(9)10;4-1-3(6)2-5;3-1-2(4)5/h13H,1-2H2,(H,7,8)(H,9,10)(H,11,12);3-6H,1-2H2;3H,1H2,(H,4,5). The molecule has 0 unspecified atom stereocenters. The Bertz CT molecular complexity index is 385. The third kappa shape index (κ3) is 17.7. The monoisotopic (exact) mass is 360 g/mol. The average Bonchev–Trinajstić information content (AvgIpc) is 2.45. The third-order valence-corrected chi connectivity index (χ3v) is 1.84. The van der Waals surface area contributed by atoms with Gasteiger partial charge in [-0.25, -0.2) is 9.59 Å². The summed E-state index contributed by atoms with van der Waals surface area (Å²) in [6, 6.07) is 0. The topological polar surface area (TPSA) is 250 Å². The Hall–Kier alpha value is -2.32. The van der Waals surface area contributed by atoms with E-state index in [0.717, 1.165) is 0 Å². The van der Waals surface area contributed by atoms with Gasteiger partial charge in [-0.2, -0.15) is 0 Å². The quantitative estimate of drug-likeness (QED) is 0.201. The number of aliphatic hydroxyl groups is 5. The molecule has 0 heterocycles. The van der Waals surface area contributed by atoms with Crippen molar-refractivity contribution < 1.29 is 65.1 Å². The van der Waals surface area contributed by atoms with Gasteiger partial charge < -0.3 is 46.0 Å². The SMILES string of the molecule is O=C(O)CC(O)(CC(=O)O)C(=O)O.O=C(O)CO.OCC(O)CO. The lowest BCUT2D eigenvalue weighted by Crippen LogP contribution is -2.42. The largest absolute Gasteiger partial charge is 0.481 e. The van der Waals surface area contributed by atoms with E-state index >= 15 is 0 Å². The first-order valence-electron chi connectivity index (χ1n) is 5.98. The van der Waals surface area contributed by atoms with Crippen LogP contribution < -0.4 is 0 Å². The fourth-order valence-corrected chi connectivity index (χ4v) is 0.772. The number of rotatable bonds is 8. The van der Waals surface area contributed by atoms with Crippen molar-refractivity contribution in [2.75, 3.05) is 19.8 Å². The summed E-state index contributed by atoms with van der Waals surface area (Å²) in [6.07, 6.45) is -3.24. The second-order valence-corrected chi connectivity index (χ2v) is 4.05. The van der Waals surface area contributed by atoms with Crippen LogP contribution in [0.4, 0.5) is 0 Å². The van der Waals surface area contributed by atoms with Gasteiger partial charge in [-0.3, -0.25) is 9.59 Å². The summed E-state index contributed by atoms with van der Waals surface area (Å²) < 4.78 is 0. The molecule has 0 aliphatic rings. The number of aliphatic carboxylic acids is 4. The molecule has 0 saturated carbocycles. The smallest absolute Gasteiger partial charge is 0.336 e. The summed E-state index contributed by atoms with van der Waals surface area (Å²) in [5, 5.41) is 72.8. The minimum Gasteiger partial charge on any atom is -0.481 e. The minimum absolute atomic E-state index is 0.365. The molecule has 0 fully saturated rings. The van der Waals surface area contributed by atoms with Gasteiger partial charge in [0, 0.05) is 0 Å². The van der Waals surface area contributed by atoms with E-state index in [1.54, 1.807) is 0 Å². The molecule has 0 radical (unpaired) electrons. The Morgan fingerprint density at radius 1 is 0.750 bits per heavy atom. The van der Waals surface area contributed by atoms with Crippen LogP contribution in [0.25, 0.3) is 0 Å². The lowest BCUT2D eigenvalue weighted by molar-refractivity contribution is -0.170. The van der Waals surface area contributed by atoms with Crippen molar-refractivity contribution in [2.24, 2.45) is 0 Å². The van der Waals surface area contributed by atoms with Gasteiger partial charge in [-0.15, -0.1) is 0 Å². The van der Waals surface area contributed by atoms with Crippen LogP contribution in [0.2, 0.25) is 0 Å². The second-order valence-electron chi connectivity index (χ2n) is 4.05. The van der Waals surface area contributed by atoms with Gasteiger partial charge in [0.25, 0.3) is 0 Å². The van der Waals surface area contributed by atoms with Crippen LogP contribution in [0.15, 0.2) is 0 Å². The molecule has 0 saturated heterocycles. The van der Waals surface area contributed by atoms with E-state index in [2.05, 4.69) is 0 Å². The molecular weight excluding hydrogens is 340 g/mol. The first-order valence-corrected chi connectivity index (χ1v) is 5.98. The zero-order valence-electron chi connectivity index (χ0n) is 12.3. The van der Waals surface area contributed by atoms with Crippen molar-refractivity contribution in [3.8, 4) is 0 Å². The van der Waals surface area contributed by atoms with Crippen LogP contribution >= 0.6 is 0 Å². The maximum atomic E-state index is 10.3. The number of carboxylic acids is 4. The molecule has 13 heteroatoms. The predicted octanol–water partition coefficient (Wildman–Crippen LogP) is -3.85. The van der Waals surface area contributed by atoms with Crippen molar-refractivity contribution >= 4 is 23.9 Å². The zero-order chi connectivity index (χ0) is 19.9. The molecule has 0 aliphatic carbocycles. The molecule has 0 aliphatic heterocycles. The highest BCUT2D eigenvalue weighted by molar-refractivity contribution is 5.88. The lowest BCUT2D eigenvalue weighted by Gasteiger charge is -2.18. The van der Waals surface area contributed by atoms with E-state index in [4.69, 9.17) is 50.8 Å². The molecule has 13 nitrogen and oxygen atoms in total. The normalized spacial score (nSPS) is 9.92. The number of hydrogen-bond donors (Lipinski definition) is 9. The Labute approximate surface area is 134 Å². The summed E-state index contributed by atoms with van der Waals surface area (Å²) >= 11 is 0. The Kier molecular flexibility index (Phi) is 15.8. The number of carbonyl (C=O) groups is 4. The highest BCUT2D eigenvalue weighted by atomic mass is 16.4. The highest BCUT2D eigenvalue weighted by Gasteiger charge is 2.40. The van der Waals surface area contributed by atoms with Gasteiger partial charge in [-0.05, 0) is 0 Å².